The van der Waals surface area contributed by atoms with Crippen LogP contribution in [0.15, 0.2) is 30.5 Å². The summed E-state index contributed by atoms with van der Waals surface area (Å²) in [5.41, 5.74) is 0.879. The van der Waals surface area contributed by atoms with Crippen LogP contribution in [-0.4, -0.2) is 16.5 Å². The third kappa shape index (κ3) is 3.72. The number of hydrogen-bond donors (Lipinski definition) is 1. The summed E-state index contributed by atoms with van der Waals surface area (Å²) in [6, 6.07) is 7.47. The largest absolute Gasteiger partial charge is 0.472 e. The average molecular weight is 298 g/mol. The Hall–Kier alpha value is -1.52. The molecule has 0 radical (unpaired) electrons. The van der Waals surface area contributed by atoms with Gasteiger partial charge >= 0.3 is 0 Å². The molecule has 0 fully saturated rings. The Bertz CT molecular complexity index is 563. The topological polar surface area (TPSA) is 47.0 Å². The first-order chi connectivity index (χ1) is 9.20. The molecule has 1 aromatic heterocycles. The number of benzene rings is 1. The second-order valence-electron chi connectivity index (χ2n) is 3.76. The van der Waals surface area contributed by atoms with Gasteiger partial charge in [-0.05, 0) is 13.0 Å². The zero-order valence-corrected chi connectivity index (χ0v) is 11.9. The molecule has 0 amide bonds. The monoisotopic (exact) mass is 297 g/mol. The van der Waals surface area contributed by atoms with Gasteiger partial charge in [0.15, 0.2) is 0 Å². The van der Waals surface area contributed by atoms with E-state index in [2.05, 4.69) is 15.3 Å². The molecule has 19 heavy (non-hydrogen) atoms. The number of halogens is 2. The lowest BCUT2D eigenvalue weighted by atomic mass is 10.2. The molecule has 0 atom stereocenters. The first-order valence-corrected chi connectivity index (χ1v) is 6.59. The minimum atomic E-state index is 0.308. The summed E-state index contributed by atoms with van der Waals surface area (Å²) in [7, 11) is 0. The van der Waals surface area contributed by atoms with E-state index in [-0.39, 0.29) is 0 Å². The molecule has 0 spiro atoms. The highest BCUT2D eigenvalue weighted by Crippen LogP contribution is 2.24. The number of rotatable bonds is 5. The Balaban J connectivity index is 2.10. The smallest absolute Gasteiger partial charge is 0.237 e. The number of nitrogens with zero attached hydrogens (tertiary/aromatic N) is 2. The SMILES string of the molecule is CCNc1ncc(Cl)c(OCc2ccccc2Cl)n1. The summed E-state index contributed by atoms with van der Waals surface area (Å²) >= 11 is 12.0. The van der Waals surface area contributed by atoms with Crippen molar-refractivity contribution in [2.24, 2.45) is 0 Å². The van der Waals surface area contributed by atoms with E-state index in [1.165, 1.54) is 6.20 Å². The minimum Gasteiger partial charge on any atom is -0.472 e. The molecule has 0 saturated carbocycles. The highest BCUT2D eigenvalue weighted by atomic mass is 35.5. The lowest BCUT2D eigenvalue weighted by Crippen LogP contribution is -2.05. The maximum absolute atomic E-state index is 6.05. The van der Waals surface area contributed by atoms with Crippen molar-refractivity contribution in [3.63, 3.8) is 0 Å². The molecule has 2 aromatic rings. The van der Waals surface area contributed by atoms with Crippen LogP contribution in [0.5, 0.6) is 5.88 Å². The van der Waals surface area contributed by atoms with Gasteiger partial charge in [0, 0.05) is 17.1 Å². The molecule has 2 rings (SSSR count). The van der Waals surface area contributed by atoms with Crippen LogP contribution in [0.3, 0.4) is 0 Å². The number of anilines is 1. The van der Waals surface area contributed by atoms with Crippen LogP contribution >= 0.6 is 23.2 Å². The minimum absolute atomic E-state index is 0.308. The average Bonchev–Trinajstić information content (AvgIpc) is 2.41. The highest BCUT2D eigenvalue weighted by Gasteiger charge is 2.07. The van der Waals surface area contributed by atoms with Crippen molar-refractivity contribution in [1.29, 1.82) is 0 Å². The van der Waals surface area contributed by atoms with E-state index in [9.17, 15) is 0 Å². The number of hydrogen-bond acceptors (Lipinski definition) is 4. The van der Waals surface area contributed by atoms with Crippen LogP contribution in [0.4, 0.5) is 5.95 Å². The van der Waals surface area contributed by atoms with E-state index in [4.69, 9.17) is 27.9 Å². The summed E-state index contributed by atoms with van der Waals surface area (Å²) in [6.45, 7) is 3.00. The lowest BCUT2D eigenvalue weighted by molar-refractivity contribution is 0.294. The van der Waals surface area contributed by atoms with Gasteiger partial charge in [-0.1, -0.05) is 41.4 Å². The quantitative estimate of drug-likeness (QED) is 0.912. The van der Waals surface area contributed by atoms with Crippen molar-refractivity contribution in [1.82, 2.24) is 9.97 Å². The zero-order chi connectivity index (χ0) is 13.7. The molecule has 0 aliphatic heterocycles. The molecular formula is C13H13Cl2N3O. The van der Waals surface area contributed by atoms with Gasteiger partial charge in [0.25, 0.3) is 0 Å². The molecule has 100 valence electrons. The summed E-state index contributed by atoms with van der Waals surface area (Å²) in [4.78, 5) is 8.23. The van der Waals surface area contributed by atoms with Crippen LogP contribution in [0.2, 0.25) is 10.0 Å². The Kier molecular flexibility index (Phi) is 4.82. The molecule has 1 heterocycles. The molecule has 4 nitrogen and oxygen atoms in total. The van der Waals surface area contributed by atoms with Crippen LogP contribution in [0.25, 0.3) is 0 Å². The fourth-order valence-electron chi connectivity index (χ4n) is 1.46. The van der Waals surface area contributed by atoms with Gasteiger partial charge in [-0.2, -0.15) is 4.98 Å². The number of ether oxygens (including phenoxy) is 1. The zero-order valence-electron chi connectivity index (χ0n) is 10.4. The predicted octanol–water partition coefficient (Wildman–Crippen LogP) is 3.79. The summed E-state index contributed by atoms with van der Waals surface area (Å²) in [5.74, 6) is 0.827. The Labute approximate surface area is 121 Å². The van der Waals surface area contributed by atoms with Crippen molar-refractivity contribution in [3.05, 3.63) is 46.1 Å². The number of aromatic nitrogens is 2. The van der Waals surface area contributed by atoms with Gasteiger partial charge in [0.1, 0.15) is 11.6 Å². The summed E-state index contributed by atoms with van der Waals surface area (Å²) in [6.07, 6.45) is 1.51. The van der Waals surface area contributed by atoms with Crippen molar-refractivity contribution in [3.8, 4) is 5.88 Å². The van der Waals surface area contributed by atoms with E-state index < -0.39 is 0 Å². The van der Waals surface area contributed by atoms with Crippen molar-refractivity contribution in [2.45, 2.75) is 13.5 Å². The molecule has 1 N–H and O–H groups in total. The lowest BCUT2D eigenvalue weighted by Gasteiger charge is -2.09. The van der Waals surface area contributed by atoms with E-state index >= 15 is 0 Å². The maximum atomic E-state index is 6.05. The Morgan fingerprint density at radius 3 is 2.74 bits per heavy atom. The van der Waals surface area contributed by atoms with Gasteiger partial charge in [0.2, 0.25) is 11.8 Å². The van der Waals surface area contributed by atoms with Crippen molar-refractivity contribution >= 4 is 29.2 Å². The van der Waals surface area contributed by atoms with Crippen LogP contribution < -0.4 is 10.1 Å². The first kappa shape index (κ1) is 13.9. The standard InChI is InChI=1S/C13H13Cl2N3O/c1-2-16-13-17-7-11(15)12(18-13)19-8-9-5-3-4-6-10(9)14/h3-7H,2,8H2,1H3,(H,16,17,18). The first-order valence-electron chi connectivity index (χ1n) is 5.83. The van der Waals surface area contributed by atoms with E-state index in [1.54, 1.807) is 0 Å². The van der Waals surface area contributed by atoms with Crippen molar-refractivity contribution < 1.29 is 4.74 Å². The predicted molar refractivity (Wildman–Crippen MR) is 77.0 cm³/mol. The van der Waals surface area contributed by atoms with Crippen LogP contribution in [-0.2, 0) is 6.61 Å². The molecule has 0 aliphatic carbocycles. The molecule has 1 aromatic carbocycles. The van der Waals surface area contributed by atoms with Crippen molar-refractivity contribution in [2.75, 3.05) is 11.9 Å². The second-order valence-corrected chi connectivity index (χ2v) is 4.57. The fourth-order valence-corrected chi connectivity index (χ4v) is 1.79. The molecule has 0 unspecified atom stereocenters. The van der Waals surface area contributed by atoms with Gasteiger partial charge in [-0.25, -0.2) is 4.98 Å². The van der Waals surface area contributed by atoms with Gasteiger partial charge < -0.3 is 10.1 Å². The third-order valence-corrected chi connectivity index (χ3v) is 3.00. The van der Waals surface area contributed by atoms with E-state index in [0.717, 1.165) is 12.1 Å². The molecular weight excluding hydrogens is 285 g/mol. The van der Waals surface area contributed by atoms with Gasteiger partial charge in [-0.15, -0.1) is 0 Å². The normalized spacial score (nSPS) is 10.3. The Morgan fingerprint density at radius 1 is 1.21 bits per heavy atom. The van der Waals surface area contributed by atoms with E-state index in [0.29, 0.717) is 28.5 Å². The molecule has 0 bridgehead atoms. The maximum Gasteiger partial charge on any atom is 0.237 e. The fraction of sp³-hybridized carbons (Fsp3) is 0.231. The molecule has 6 heteroatoms. The van der Waals surface area contributed by atoms with Gasteiger partial charge in [-0.3, -0.25) is 0 Å². The summed E-state index contributed by atoms with van der Waals surface area (Å²) < 4.78 is 5.58. The van der Waals surface area contributed by atoms with Crippen LogP contribution in [0, 0.1) is 0 Å². The van der Waals surface area contributed by atoms with E-state index in [1.807, 2.05) is 31.2 Å². The second kappa shape index (κ2) is 6.59. The summed E-state index contributed by atoms with van der Waals surface area (Å²) in [5, 5.41) is 4.02. The van der Waals surface area contributed by atoms with Gasteiger partial charge in [0.05, 0.1) is 6.20 Å². The molecule has 0 saturated heterocycles. The van der Waals surface area contributed by atoms with Crippen LogP contribution in [0.1, 0.15) is 12.5 Å². The third-order valence-electron chi connectivity index (χ3n) is 2.37. The Morgan fingerprint density at radius 2 is 2.00 bits per heavy atom. The molecule has 0 aliphatic rings. The highest BCUT2D eigenvalue weighted by molar-refractivity contribution is 6.32. The number of nitrogens with one attached hydrogen (secondary N) is 1.